The number of hydrogen-bond donors (Lipinski definition) is 2. The fraction of sp³-hybridized carbons (Fsp3) is 0.615. The number of benzene rings is 1. The summed E-state index contributed by atoms with van der Waals surface area (Å²) in [5.74, 6) is -5.52. The first-order valence-electron chi connectivity index (χ1n) is 12.3. The average Bonchev–Trinajstić information content (AvgIpc) is 2.80. The molecular formula is C26H37ClF5N3O. The molecular weight excluding hydrogens is 501 g/mol. The van der Waals surface area contributed by atoms with Crippen molar-refractivity contribution in [1.82, 2.24) is 5.32 Å². The van der Waals surface area contributed by atoms with Crippen LogP contribution in [-0.2, 0) is 11.2 Å². The smallest absolute Gasteiger partial charge is 0.311 e. The number of rotatable bonds is 16. The number of amides is 1. The first-order chi connectivity index (χ1) is 16.9. The SMILES string of the molecule is CC/C=C(\CN=CC(Cl)CC)[C@@H](NC(=O)CCC[C@@H](N)CC)c1cc(F)cc(CC(F)(F)C(F)F)c1. The highest BCUT2D eigenvalue weighted by Crippen LogP contribution is 2.31. The Morgan fingerprint density at radius 3 is 2.47 bits per heavy atom. The molecule has 0 radical (unpaired) electrons. The molecule has 0 heterocycles. The number of halogens is 6. The number of nitrogens with zero attached hydrogens (tertiary/aromatic N) is 1. The maximum atomic E-state index is 14.5. The van der Waals surface area contributed by atoms with Gasteiger partial charge in [-0.25, -0.2) is 13.2 Å². The van der Waals surface area contributed by atoms with Gasteiger partial charge in [-0.05, 0) is 60.9 Å². The van der Waals surface area contributed by atoms with Gasteiger partial charge >= 0.3 is 12.3 Å². The van der Waals surface area contributed by atoms with E-state index in [1.165, 1.54) is 6.07 Å². The molecule has 0 fully saturated rings. The summed E-state index contributed by atoms with van der Waals surface area (Å²) in [4.78, 5) is 17.1. The van der Waals surface area contributed by atoms with Gasteiger partial charge in [-0.1, -0.05) is 32.9 Å². The summed E-state index contributed by atoms with van der Waals surface area (Å²) >= 11 is 6.10. The Morgan fingerprint density at radius 1 is 1.19 bits per heavy atom. The van der Waals surface area contributed by atoms with E-state index < -0.39 is 30.6 Å². The maximum Gasteiger partial charge on any atom is 0.311 e. The van der Waals surface area contributed by atoms with E-state index in [4.69, 9.17) is 17.3 Å². The molecule has 0 aliphatic carbocycles. The van der Waals surface area contributed by atoms with Crippen LogP contribution >= 0.6 is 11.6 Å². The number of carbonyl (C=O) groups is 1. The van der Waals surface area contributed by atoms with E-state index in [0.717, 1.165) is 18.6 Å². The quantitative estimate of drug-likeness (QED) is 0.106. The Bertz CT molecular complexity index is 879. The number of carbonyl (C=O) groups excluding carboxylic acids is 1. The molecule has 204 valence electrons. The normalized spacial score (nSPS) is 15.4. The van der Waals surface area contributed by atoms with Gasteiger partial charge in [0.1, 0.15) is 5.82 Å². The van der Waals surface area contributed by atoms with Crippen LogP contribution in [0.4, 0.5) is 22.0 Å². The molecule has 0 aliphatic rings. The summed E-state index contributed by atoms with van der Waals surface area (Å²) in [7, 11) is 0. The number of alkyl halides is 5. The molecule has 0 saturated heterocycles. The van der Waals surface area contributed by atoms with Crippen molar-refractivity contribution in [2.75, 3.05) is 6.54 Å². The zero-order valence-electron chi connectivity index (χ0n) is 21.1. The van der Waals surface area contributed by atoms with E-state index in [1.54, 1.807) is 6.21 Å². The van der Waals surface area contributed by atoms with Crippen molar-refractivity contribution in [3.8, 4) is 0 Å². The van der Waals surface area contributed by atoms with Crippen molar-refractivity contribution in [1.29, 1.82) is 0 Å². The molecule has 0 aromatic heterocycles. The van der Waals surface area contributed by atoms with Gasteiger partial charge in [-0.3, -0.25) is 9.79 Å². The van der Waals surface area contributed by atoms with Crippen LogP contribution in [0.5, 0.6) is 0 Å². The van der Waals surface area contributed by atoms with E-state index in [9.17, 15) is 26.7 Å². The molecule has 10 heteroatoms. The van der Waals surface area contributed by atoms with Crippen LogP contribution in [0.3, 0.4) is 0 Å². The van der Waals surface area contributed by atoms with Crippen LogP contribution < -0.4 is 11.1 Å². The number of allylic oxidation sites excluding steroid dienone is 1. The molecule has 1 amide bonds. The first kappa shape index (κ1) is 32.0. The summed E-state index contributed by atoms with van der Waals surface area (Å²) < 4.78 is 67.4. The lowest BCUT2D eigenvalue weighted by atomic mass is 9.94. The highest BCUT2D eigenvalue weighted by Gasteiger charge is 2.40. The van der Waals surface area contributed by atoms with Gasteiger partial charge in [0.05, 0.1) is 18.0 Å². The Morgan fingerprint density at radius 2 is 1.89 bits per heavy atom. The van der Waals surface area contributed by atoms with Crippen LogP contribution in [0, 0.1) is 5.82 Å². The zero-order chi connectivity index (χ0) is 27.3. The van der Waals surface area contributed by atoms with Gasteiger partial charge in [0.15, 0.2) is 0 Å². The van der Waals surface area contributed by atoms with Gasteiger partial charge in [0, 0.05) is 25.1 Å². The van der Waals surface area contributed by atoms with Crippen LogP contribution in [-0.4, -0.2) is 42.4 Å². The van der Waals surface area contributed by atoms with Gasteiger partial charge < -0.3 is 11.1 Å². The Hall–Kier alpha value is -2.00. The summed E-state index contributed by atoms with van der Waals surface area (Å²) in [5.41, 5.74) is 6.38. The third-order valence-electron chi connectivity index (χ3n) is 5.65. The minimum atomic E-state index is -4.32. The highest BCUT2D eigenvalue weighted by atomic mass is 35.5. The predicted octanol–water partition coefficient (Wildman–Crippen LogP) is 6.76. The van der Waals surface area contributed by atoms with Gasteiger partial charge in [0.2, 0.25) is 5.91 Å². The predicted molar refractivity (Wildman–Crippen MR) is 136 cm³/mol. The van der Waals surface area contributed by atoms with Crippen LogP contribution in [0.2, 0.25) is 0 Å². The molecule has 1 aromatic carbocycles. The fourth-order valence-corrected chi connectivity index (χ4v) is 3.64. The molecule has 1 aromatic rings. The van der Waals surface area contributed by atoms with Crippen LogP contribution in [0.25, 0.3) is 0 Å². The molecule has 0 aliphatic heterocycles. The molecule has 0 saturated carbocycles. The van der Waals surface area contributed by atoms with Crippen molar-refractivity contribution in [2.24, 2.45) is 10.7 Å². The van der Waals surface area contributed by atoms with Crippen molar-refractivity contribution in [2.45, 2.75) is 95.5 Å². The number of hydrogen-bond acceptors (Lipinski definition) is 3. The number of nitrogens with one attached hydrogen (secondary N) is 1. The lowest BCUT2D eigenvalue weighted by Gasteiger charge is -2.24. The Kier molecular flexibility index (Phi) is 14.2. The minimum absolute atomic E-state index is 0.0252. The lowest BCUT2D eigenvalue weighted by molar-refractivity contribution is -0.127. The fourth-order valence-electron chi connectivity index (χ4n) is 3.56. The second-order valence-electron chi connectivity index (χ2n) is 8.79. The van der Waals surface area contributed by atoms with Crippen molar-refractivity contribution >= 4 is 23.7 Å². The first-order valence-corrected chi connectivity index (χ1v) is 12.7. The molecule has 1 rings (SSSR count). The standard InChI is InChI=1S/C26H37ClF5N3O/c1-4-8-18(15-34-16-20(27)5-2)24(35-23(36)10-7-9-22(33)6-3)19-11-17(12-21(28)13-19)14-26(31,32)25(29)30/h8,11-13,16,20,22,24-25H,4-7,9-10,14-15,33H2,1-3H3,(H,35,36)/b18-8+,34-16?/t20?,22-,24+/m0/s1. The molecule has 1 unspecified atom stereocenters. The monoisotopic (exact) mass is 537 g/mol. The molecule has 3 atom stereocenters. The third-order valence-corrected chi connectivity index (χ3v) is 6.07. The summed E-state index contributed by atoms with van der Waals surface area (Å²) in [6.45, 7) is 5.84. The second kappa shape index (κ2) is 16.0. The van der Waals surface area contributed by atoms with E-state index in [-0.39, 0.29) is 41.4 Å². The van der Waals surface area contributed by atoms with E-state index >= 15 is 0 Å². The number of aliphatic imine (C=N–C) groups is 1. The van der Waals surface area contributed by atoms with Crippen molar-refractivity contribution in [3.05, 3.63) is 46.8 Å². The Balaban J connectivity index is 3.33. The van der Waals surface area contributed by atoms with Crippen LogP contribution in [0.15, 0.2) is 34.8 Å². The summed E-state index contributed by atoms with van der Waals surface area (Å²) in [6.07, 6.45) is 1.50. The lowest BCUT2D eigenvalue weighted by Crippen LogP contribution is -2.32. The topological polar surface area (TPSA) is 67.5 Å². The zero-order valence-corrected chi connectivity index (χ0v) is 21.8. The molecule has 0 bridgehead atoms. The van der Waals surface area contributed by atoms with Gasteiger partial charge in [0.25, 0.3) is 0 Å². The summed E-state index contributed by atoms with van der Waals surface area (Å²) in [6, 6.07) is 2.21. The average molecular weight is 538 g/mol. The third kappa shape index (κ3) is 11.4. The van der Waals surface area contributed by atoms with E-state index in [0.29, 0.717) is 31.3 Å². The Labute approximate surface area is 215 Å². The highest BCUT2D eigenvalue weighted by molar-refractivity contribution is 6.28. The second-order valence-corrected chi connectivity index (χ2v) is 9.35. The molecule has 3 N–H and O–H groups in total. The largest absolute Gasteiger partial charge is 0.345 e. The van der Waals surface area contributed by atoms with E-state index in [1.807, 2.05) is 26.8 Å². The molecule has 0 spiro atoms. The molecule has 36 heavy (non-hydrogen) atoms. The van der Waals surface area contributed by atoms with Crippen molar-refractivity contribution < 1.29 is 26.7 Å². The van der Waals surface area contributed by atoms with Crippen molar-refractivity contribution in [3.63, 3.8) is 0 Å². The van der Waals surface area contributed by atoms with E-state index in [2.05, 4.69) is 10.3 Å². The minimum Gasteiger partial charge on any atom is -0.345 e. The maximum absolute atomic E-state index is 14.5. The van der Waals surface area contributed by atoms with Crippen LogP contribution in [0.1, 0.15) is 76.5 Å². The number of nitrogens with two attached hydrogens (primary N) is 1. The van der Waals surface area contributed by atoms with Gasteiger partial charge in [-0.15, -0.1) is 11.6 Å². The molecule has 4 nitrogen and oxygen atoms in total. The summed E-state index contributed by atoms with van der Waals surface area (Å²) in [5, 5.41) is 2.55. The van der Waals surface area contributed by atoms with Gasteiger partial charge in [-0.2, -0.15) is 8.78 Å².